The van der Waals surface area contributed by atoms with Crippen LogP contribution in [0.2, 0.25) is 0 Å². The average Bonchev–Trinajstić information content (AvgIpc) is 2.88. The Bertz CT molecular complexity index is 559. The van der Waals surface area contributed by atoms with E-state index in [1.54, 1.807) is 0 Å². The van der Waals surface area contributed by atoms with E-state index in [1.807, 2.05) is 17.0 Å². The van der Waals surface area contributed by atoms with Crippen LogP contribution < -0.4 is 4.90 Å². The van der Waals surface area contributed by atoms with E-state index in [9.17, 15) is 4.79 Å². The number of nitrogens with zero attached hydrogens (tertiary/aromatic N) is 3. The smallest absolute Gasteiger partial charge is 0.248 e. The average molecular weight is 299 g/mol. The van der Waals surface area contributed by atoms with E-state index in [-0.39, 0.29) is 12.5 Å². The lowest BCUT2D eigenvalue weighted by atomic mass is 10.1. The number of amidine groups is 1. The van der Waals surface area contributed by atoms with Gasteiger partial charge in [-0.05, 0) is 31.4 Å². The van der Waals surface area contributed by atoms with E-state index >= 15 is 0 Å². The molecule has 0 spiro atoms. The fourth-order valence-corrected chi connectivity index (χ4v) is 3.37. The number of hydrogen-bond acceptors (Lipinski definition) is 3. The molecule has 0 unspecified atom stereocenters. The van der Waals surface area contributed by atoms with Crippen molar-refractivity contribution in [2.45, 2.75) is 39.0 Å². The molecule has 0 aromatic heterocycles. The monoisotopic (exact) mass is 299 g/mol. The molecule has 4 nitrogen and oxygen atoms in total. The molecule has 0 aliphatic carbocycles. The molecule has 1 aromatic carbocycles. The number of likely N-dealkylation sites (tertiary alicyclic amines) is 1. The molecule has 0 saturated carbocycles. The van der Waals surface area contributed by atoms with Gasteiger partial charge >= 0.3 is 0 Å². The minimum absolute atomic E-state index is 0.110. The third kappa shape index (κ3) is 3.01. The zero-order chi connectivity index (χ0) is 15.4. The number of fused-ring (bicyclic) bond motifs is 1. The summed E-state index contributed by atoms with van der Waals surface area (Å²) in [6, 6.07) is 8.23. The van der Waals surface area contributed by atoms with Crippen LogP contribution in [0.15, 0.2) is 29.3 Å². The molecule has 0 bridgehead atoms. The lowest BCUT2D eigenvalue weighted by Crippen LogP contribution is -2.34. The highest BCUT2D eigenvalue weighted by molar-refractivity contribution is 6.10. The van der Waals surface area contributed by atoms with E-state index in [0.29, 0.717) is 0 Å². The SMILES string of the molecule is CCCN1C(=O)CN=C(N2CCCCCC2)c2ccccc21. The first-order valence-corrected chi connectivity index (χ1v) is 8.50. The number of carbonyl (C=O) groups excluding carboxylic acids is 1. The Kier molecular flexibility index (Phi) is 4.76. The van der Waals surface area contributed by atoms with Gasteiger partial charge in [-0.3, -0.25) is 9.79 Å². The van der Waals surface area contributed by atoms with Crippen LogP contribution in [0.3, 0.4) is 0 Å². The Hall–Kier alpha value is -1.84. The van der Waals surface area contributed by atoms with Crippen molar-refractivity contribution in [2.24, 2.45) is 4.99 Å². The maximum atomic E-state index is 12.5. The van der Waals surface area contributed by atoms with E-state index in [2.05, 4.69) is 24.0 Å². The molecular weight excluding hydrogens is 274 g/mol. The van der Waals surface area contributed by atoms with Crippen LogP contribution in [0.5, 0.6) is 0 Å². The minimum Gasteiger partial charge on any atom is -0.356 e. The van der Waals surface area contributed by atoms with Gasteiger partial charge in [-0.15, -0.1) is 0 Å². The van der Waals surface area contributed by atoms with Crippen LogP contribution in [0.25, 0.3) is 0 Å². The third-order valence-corrected chi connectivity index (χ3v) is 4.45. The Morgan fingerprint density at radius 3 is 2.55 bits per heavy atom. The molecule has 0 radical (unpaired) electrons. The number of para-hydroxylation sites is 1. The van der Waals surface area contributed by atoms with Gasteiger partial charge in [-0.1, -0.05) is 31.9 Å². The van der Waals surface area contributed by atoms with E-state index in [0.717, 1.165) is 43.1 Å². The van der Waals surface area contributed by atoms with Gasteiger partial charge in [0.2, 0.25) is 5.91 Å². The number of rotatable bonds is 2. The molecule has 1 aromatic rings. The molecule has 2 aliphatic rings. The normalized spacial score (nSPS) is 19.3. The van der Waals surface area contributed by atoms with E-state index < -0.39 is 0 Å². The fraction of sp³-hybridized carbons (Fsp3) is 0.556. The lowest BCUT2D eigenvalue weighted by molar-refractivity contribution is -0.117. The van der Waals surface area contributed by atoms with Gasteiger partial charge in [0.05, 0.1) is 5.69 Å². The van der Waals surface area contributed by atoms with E-state index in [1.165, 1.54) is 25.7 Å². The van der Waals surface area contributed by atoms with Crippen molar-refractivity contribution in [3.8, 4) is 0 Å². The number of anilines is 1. The first-order valence-electron chi connectivity index (χ1n) is 8.50. The predicted molar refractivity (Wildman–Crippen MR) is 90.5 cm³/mol. The number of aliphatic imine (C=N–C) groups is 1. The third-order valence-electron chi connectivity index (χ3n) is 4.45. The molecule has 0 atom stereocenters. The summed E-state index contributed by atoms with van der Waals surface area (Å²) >= 11 is 0. The lowest BCUT2D eigenvalue weighted by Gasteiger charge is -2.27. The van der Waals surface area contributed by atoms with Crippen LogP contribution in [0.4, 0.5) is 5.69 Å². The summed E-state index contributed by atoms with van der Waals surface area (Å²) in [5.41, 5.74) is 2.14. The van der Waals surface area contributed by atoms with Crippen molar-refractivity contribution >= 4 is 17.4 Å². The predicted octanol–water partition coefficient (Wildman–Crippen LogP) is 3.07. The highest BCUT2D eigenvalue weighted by Crippen LogP contribution is 2.26. The van der Waals surface area contributed by atoms with Crippen LogP contribution >= 0.6 is 0 Å². The number of amides is 1. The Balaban J connectivity index is 1.99. The van der Waals surface area contributed by atoms with Crippen molar-refractivity contribution in [2.75, 3.05) is 31.1 Å². The molecule has 1 saturated heterocycles. The summed E-state index contributed by atoms with van der Waals surface area (Å²) in [5, 5.41) is 0. The van der Waals surface area contributed by atoms with Gasteiger partial charge in [0.25, 0.3) is 0 Å². The summed E-state index contributed by atoms with van der Waals surface area (Å²) in [4.78, 5) is 21.4. The van der Waals surface area contributed by atoms with Gasteiger partial charge in [-0.2, -0.15) is 0 Å². The van der Waals surface area contributed by atoms with Crippen molar-refractivity contribution in [3.63, 3.8) is 0 Å². The minimum atomic E-state index is 0.110. The zero-order valence-corrected chi connectivity index (χ0v) is 13.4. The van der Waals surface area contributed by atoms with E-state index in [4.69, 9.17) is 4.99 Å². The number of benzodiazepines with no additional fused rings is 1. The Morgan fingerprint density at radius 1 is 1.09 bits per heavy atom. The standard InChI is InChI=1S/C18H25N3O/c1-2-11-21-16-10-6-5-9-15(16)18(19-14-17(21)22)20-12-7-3-4-8-13-20/h5-6,9-10H,2-4,7-8,11-14H2,1H3. The highest BCUT2D eigenvalue weighted by Gasteiger charge is 2.26. The first kappa shape index (κ1) is 15.1. The Morgan fingerprint density at radius 2 is 1.82 bits per heavy atom. The Labute approximate surface area is 132 Å². The summed E-state index contributed by atoms with van der Waals surface area (Å²) in [5.74, 6) is 1.13. The topological polar surface area (TPSA) is 35.9 Å². The van der Waals surface area contributed by atoms with Gasteiger partial charge in [0.15, 0.2) is 0 Å². The summed E-state index contributed by atoms with van der Waals surface area (Å²) < 4.78 is 0. The van der Waals surface area contributed by atoms with Crippen LogP contribution in [0.1, 0.15) is 44.6 Å². The largest absolute Gasteiger partial charge is 0.356 e. The van der Waals surface area contributed by atoms with Crippen molar-refractivity contribution < 1.29 is 4.79 Å². The van der Waals surface area contributed by atoms with Crippen LogP contribution in [0, 0.1) is 0 Å². The van der Waals surface area contributed by atoms with Gasteiger partial charge in [0, 0.05) is 25.2 Å². The molecule has 2 aliphatic heterocycles. The maximum absolute atomic E-state index is 12.5. The molecule has 118 valence electrons. The van der Waals surface area contributed by atoms with Gasteiger partial charge in [0.1, 0.15) is 12.4 Å². The summed E-state index contributed by atoms with van der Waals surface area (Å²) in [6.45, 7) is 5.24. The fourth-order valence-electron chi connectivity index (χ4n) is 3.37. The maximum Gasteiger partial charge on any atom is 0.248 e. The van der Waals surface area contributed by atoms with Gasteiger partial charge < -0.3 is 9.80 Å². The highest BCUT2D eigenvalue weighted by atomic mass is 16.2. The molecule has 22 heavy (non-hydrogen) atoms. The number of benzene rings is 1. The number of carbonyl (C=O) groups is 1. The van der Waals surface area contributed by atoms with Crippen molar-refractivity contribution in [1.29, 1.82) is 0 Å². The molecule has 0 N–H and O–H groups in total. The second-order valence-electron chi connectivity index (χ2n) is 6.10. The number of hydrogen-bond donors (Lipinski definition) is 0. The van der Waals surface area contributed by atoms with Crippen molar-refractivity contribution in [1.82, 2.24) is 4.90 Å². The summed E-state index contributed by atoms with van der Waals surface area (Å²) in [6.07, 6.45) is 5.99. The molecule has 4 heteroatoms. The molecule has 1 fully saturated rings. The van der Waals surface area contributed by atoms with Crippen LogP contribution in [-0.4, -0.2) is 42.8 Å². The molecule has 3 rings (SSSR count). The first-order chi connectivity index (χ1) is 10.8. The van der Waals surface area contributed by atoms with Crippen molar-refractivity contribution in [3.05, 3.63) is 29.8 Å². The second kappa shape index (κ2) is 6.95. The van der Waals surface area contributed by atoms with Crippen LogP contribution in [-0.2, 0) is 4.79 Å². The zero-order valence-electron chi connectivity index (χ0n) is 13.4. The van der Waals surface area contributed by atoms with Gasteiger partial charge in [-0.25, -0.2) is 0 Å². The quantitative estimate of drug-likeness (QED) is 0.841. The second-order valence-corrected chi connectivity index (χ2v) is 6.10. The molecular formula is C18H25N3O. The molecule has 2 heterocycles. The summed E-state index contributed by atoms with van der Waals surface area (Å²) in [7, 11) is 0. The molecule has 1 amide bonds.